The highest BCUT2D eigenvalue weighted by Gasteiger charge is 1.95. The van der Waals surface area contributed by atoms with Crippen LogP contribution < -0.4 is 0 Å². The molecule has 0 fully saturated rings. The van der Waals surface area contributed by atoms with Gasteiger partial charge in [-0.05, 0) is 50.0 Å². The maximum Gasteiger partial charge on any atom is -0.00979 e. The van der Waals surface area contributed by atoms with Crippen LogP contribution in [-0.4, -0.2) is 11.5 Å². The van der Waals surface area contributed by atoms with Crippen molar-refractivity contribution in [3.05, 3.63) is 12.2 Å². The van der Waals surface area contributed by atoms with E-state index >= 15 is 0 Å². The first-order valence-electron chi connectivity index (χ1n) is 14.8. The van der Waals surface area contributed by atoms with E-state index < -0.39 is 0 Å². The molecule has 0 aromatic carbocycles. The van der Waals surface area contributed by atoms with Gasteiger partial charge in [-0.15, -0.1) is 0 Å². The average molecular weight is 485 g/mol. The van der Waals surface area contributed by atoms with Crippen LogP contribution in [0.25, 0.3) is 0 Å². The van der Waals surface area contributed by atoms with Gasteiger partial charge in [0.1, 0.15) is 0 Å². The minimum atomic E-state index is 1.06. The first-order valence-corrected chi connectivity index (χ1v) is 16.0. The minimum Gasteiger partial charge on any atom is -0.179 e. The zero-order valence-electron chi connectivity index (χ0n) is 21.8. The Kier molecular flexibility index (Phi) is 31.9. The van der Waals surface area contributed by atoms with E-state index in [0.29, 0.717) is 0 Å². The Morgan fingerprint density at radius 2 is 0.438 bits per heavy atom. The second kappa shape index (κ2) is 31.4. The summed E-state index contributed by atoms with van der Waals surface area (Å²) in [5, 5.41) is 0. The summed E-state index contributed by atoms with van der Waals surface area (Å²) >= 11 is 8.55. The van der Waals surface area contributed by atoms with Crippen LogP contribution in [-0.2, 0) is 0 Å². The summed E-state index contributed by atoms with van der Waals surface area (Å²) in [5.74, 6) is 2.12. The highest BCUT2D eigenvalue weighted by atomic mass is 32.1. The third kappa shape index (κ3) is 30.4. The van der Waals surface area contributed by atoms with Gasteiger partial charge in [-0.2, -0.15) is 25.3 Å². The molecule has 0 N–H and O–H groups in total. The lowest BCUT2D eigenvalue weighted by Gasteiger charge is -2.03. The molecule has 0 amide bonds. The Hall–Kier alpha value is 0.440. The van der Waals surface area contributed by atoms with Crippen LogP contribution in [0.5, 0.6) is 0 Å². The normalized spacial score (nSPS) is 11.7. The number of hydrogen-bond acceptors (Lipinski definition) is 2. The van der Waals surface area contributed by atoms with Crippen LogP contribution in [0, 0.1) is 0 Å². The van der Waals surface area contributed by atoms with Gasteiger partial charge in [0.05, 0.1) is 0 Å². The number of thiol groups is 2. The lowest BCUT2D eigenvalue weighted by atomic mass is 10.0. The Morgan fingerprint density at radius 3 is 0.656 bits per heavy atom. The number of hydrogen-bond donors (Lipinski definition) is 2. The molecule has 0 aromatic rings. The fourth-order valence-electron chi connectivity index (χ4n) is 4.52. The molecule has 0 saturated carbocycles. The van der Waals surface area contributed by atoms with Crippen molar-refractivity contribution in [1.82, 2.24) is 0 Å². The quantitative estimate of drug-likeness (QED) is 0.0615. The Morgan fingerprint density at radius 1 is 0.250 bits per heavy atom. The van der Waals surface area contributed by atoms with E-state index in [0.717, 1.165) is 11.5 Å². The van der Waals surface area contributed by atoms with Gasteiger partial charge in [0.15, 0.2) is 0 Å². The maximum atomic E-state index is 4.28. The molecule has 0 aromatic heterocycles. The third-order valence-corrected chi connectivity index (χ3v) is 7.36. The van der Waals surface area contributed by atoms with Crippen molar-refractivity contribution in [3.8, 4) is 0 Å². The predicted octanol–water partition coefficient (Wildman–Crippen LogP) is 11.5. The number of allylic oxidation sites excluding steroid dienone is 2. The lowest BCUT2D eigenvalue weighted by molar-refractivity contribution is 0.527. The van der Waals surface area contributed by atoms with E-state index in [1.54, 1.807) is 0 Å². The van der Waals surface area contributed by atoms with E-state index in [-0.39, 0.29) is 0 Å². The smallest absolute Gasteiger partial charge is 0.00979 e. The Bertz CT molecular complexity index is 340. The van der Waals surface area contributed by atoms with Gasteiger partial charge < -0.3 is 0 Å². The highest BCUT2D eigenvalue weighted by Crippen LogP contribution is 2.15. The summed E-state index contributed by atoms with van der Waals surface area (Å²) in [6.45, 7) is 0. The first kappa shape index (κ1) is 32.4. The SMILES string of the molecule is SCCCCCCCCCC=CCCCCCCCCCCCCCCCCCCCS. The fraction of sp³-hybridized carbons (Fsp3) is 0.933. The molecule has 0 radical (unpaired) electrons. The Balaban J connectivity index is 3.05. The number of unbranched alkanes of at least 4 members (excludes halogenated alkanes) is 24. The van der Waals surface area contributed by atoms with Crippen molar-refractivity contribution < 1.29 is 0 Å². The molecular formula is C30H60S2. The zero-order chi connectivity index (χ0) is 23.2. The first-order chi connectivity index (χ1) is 15.9. The second-order valence-corrected chi connectivity index (χ2v) is 10.9. The molecule has 0 rings (SSSR count). The third-order valence-electron chi connectivity index (χ3n) is 6.72. The van der Waals surface area contributed by atoms with Crippen molar-refractivity contribution in [1.29, 1.82) is 0 Å². The van der Waals surface area contributed by atoms with Crippen molar-refractivity contribution in [2.45, 2.75) is 167 Å². The summed E-state index contributed by atoms with van der Waals surface area (Å²) in [7, 11) is 0. The van der Waals surface area contributed by atoms with Crippen LogP contribution in [0.3, 0.4) is 0 Å². The molecule has 0 saturated heterocycles. The summed E-state index contributed by atoms with van der Waals surface area (Å²) in [6, 6.07) is 0. The summed E-state index contributed by atoms with van der Waals surface area (Å²) in [5.41, 5.74) is 0. The van der Waals surface area contributed by atoms with Crippen LogP contribution in [0.1, 0.15) is 167 Å². The topological polar surface area (TPSA) is 0 Å². The standard InChI is InChI=1S/C30H60S2/c31-29-27-25-23-21-19-17-15-13-11-9-7-5-3-1-2-4-6-8-10-12-14-16-18-20-22-24-26-28-30-32/h9,11,31-32H,1-8,10,12-30H2. The van der Waals surface area contributed by atoms with E-state index in [1.807, 2.05) is 0 Å². The molecule has 0 unspecified atom stereocenters. The van der Waals surface area contributed by atoms with Gasteiger partial charge in [0.2, 0.25) is 0 Å². The summed E-state index contributed by atoms with van der Waals surface area (Å²) in [6.07, 6.45) is 41.8. The fourth-order valence-corrected chi connectivity index (χ4v) is 4.97. The molecule has 0 bridgehead atoms. The van der Waals surface area contributed by atoms with Gasteiger partial charge >= 0.3 is 0 Å². The van der Waals surface area contributed by atoms with E-state index in [2.05, 4.69) is 37.4 Å². The van der Waals surface area contributed by atoms with Gasteiger partial charge in [-0.1, -0.05) is 141 Å². The molecule has 0 atom stereocenters. The maximum absolute atomic E-state index is 4.28. The van der Waals surface area contributed by atoms with Gasteiger partial charge in [-0.3, -0.25) is 0 Å². The van der Waals surface area contributed by atoms with Gasteiger partial charge in [0.25, 0.3) is 0 Å². The molecular weight excluding hydrogens is 424 g/mol. The number of rotatable bonds is 28. The average Bonchev–Trinajstić information content (AvgIpc) is 2.81. The van der Waals surface area contributed by atoms with E-state index in [4.69, 9.17) is 0 Å². The van der Waals surface area contributed by atoms with Crippen LogP contribution in [0.2, 0.25) is 0 Å². The van der Waals surface area contributed by atoms with E-state index in [1.165, 1.54) is 167 Å². The molecule has 192 valence electrons. The van der Waals surface area contributed by atoms with Crippen molar-refractivity contribution in [3.63, 3.8) is 0 Å². The molecule has 0 heterocycles. The molecule has 0 aliphatic rings. The summed E-state index contributed by atoms with van der Waals surface area (Å²) < 4.78 is 0. The van der Waals surface area contributed by atoms with Crippen LogP contribution in [0.15, 0.2) is 12.2 Å². The molecule has 2 heteroatoms. The Labute approximate surface area is 215 Å². The monoisotopic (exact) mass is 484 g/mol. The van der Waals surface area contributed by atoms with E-state index in [9.17, 15) is 0 Å². The van der Waals surface area contributed by atoms with Crippen LogP contribution >= 0.6 is 25.3 Å². The molecule has 0 aliphatic carbocycles. The van der Waals surface area contributed by atoms with Crippen molar-refractivity contribution in [2.24, 2.45) is 0 Å². The second-order valence-electron chi connectivity index (χ2n) is 9.98. The summed E-state index contributed by atoms with van der Waals surface area (Å²) in [4.78, 5) is 0. The largest absolute Gasteiger partial charge is 0.179 e. The van der Waals surface area contributed by atoms with Gasteiger partial charge in [-0.25, -0.2) is 0 Å². The molecule has 0 spiro atoms. The molecule has 32 heavy (non-hydrogen) atoms. The van der Waals surface area contributed by atoms with Crippen molar-refractivity contribution in [2.75, 3.05) is 11.5 Å². The molecule has 0 nitrogen and oxygen atoms in total. The van der Waals surface area contributed by atoms with Crippen molar-refractivity contribution >= 4 is 25.3 Å². The van der Waals surface area contributed by atoms with Gasteiger partial charge in [0, 0.05) is 0 Å². The lowest BCUT2D eigenvalue weighted by Crippen LogP contribution is -1.84. The minimum absolute atomic E-state index is 1.06. The molecule has 0 aliphatic heterocycles. The van der Waals surface area contributed by atoms with Crippen LogP contribution in [0.4, 0.5) is 0 Å². The zero-order valence-corrected chi connectivity index (χ0v) is 23.6. The predicted molar refractivity (Wildman–Crippen MR) is 157 cm³/mol. The highest BCUT2D eigenvalue weighted by molar-refractivity contribution is 7.80.